The molecule has 6 aromatic rings. The molecule has 0 saturated heterocycles. The summed E-state index contributed by atoms with van der Waals surface area (Å²) in [6, 6.07) is 14.8. The third-order valence-corrected chi connectivity index (χ3v) is 6.11. The van der Waals surface area contributed by atoms with Crippen molar-refractivity contribution in [2.24, 2.45) is 11.5 Å². The lowest BCUT2D eigenvalue weighted by molar-refractivity contribution is 0.0999. The Balaban J connectivity index is 2.18. The maximum Gasteiger partial charge on any atom is 0.259 e. The van der Waals surface area contributed by atoms with E-state index < -0.39 is 22.9 Å². The van der Waals surface area contributed by atoms with Crippen LogP contribution in [-0.2, 0) is 0 Å². The van der Waals surface area contributed by atoms with Gasteiger partial charge in [-0.1, -0.05) is 42.5 Å². The van der Waals surface area contributed by atoms with Crippen molar-refractivity contribution in [1.82, 2.24) is 4.98 Å². The normalized spacial score (nSPS) is 12.0. The summed E-state index contributed by atoms with van der Waals surface area (Å²) in [5.41, 5.74) is 9.88. The molecule has 5 aromatic carbocycles. The fourth-order valence-electron chi connectivity index (χ4n) is 5.02. The first-order chi connectivity index (χ1) is 14.9. The van der Waals surface area contributed by atoms with E-state index in [0.29, 0.717) is 10.8 Å². The molecule has 0 aliphatic heterocycles. The summed E-state index contributed by atoms with van der Waals surface area (Å²) in [7, 11) is 0. The number of hydrogen-bond donors (Lipinski definition) is 3. The number of aromatic nitrogens is 1. The highest BCUT2D eigenvalue weighted by Gasteiger charge is 2.27. The number of amides is 2. The molecule has 0 radical (unpaired) electrons. The quantitative estimate of drug-likeness (QED) is 0.300. The number of nitrogens with one attached hydrogen (secondary N) is 1. The van der Waals surface area contributed by atoms with Gasteiger partial charge in [0.2, 0.25) is 11.8 Å². The third-order valence-electron chi connectivity index (χ3n) is 6.11. The van der Waals surface area contributed by atoms with Crippen molar-refractivity contribution in [3.05, 3.63) is 80.4 Å². The lowest BCUT2D eigenvalue weighted by Crippen LogP contribution is -2.18. The molecule has 0 bridgehead atoms. The van der Waals surface area contributed by atoms with Gasteiger partial charge < -0.3 is 11.5 Å². The number of rotatable bonds is 2. The molecule has 0 aliphatic rings. The SMILES string of the molecule is NC(=O)c1ccc2c3cccc4cccc(c43)c3c4c(=O)[nH]c(=O)c4c(C(N)=O)c1c23. The zero-order chi connectivity index (χ0) is 21.6. The first-order valence-corrected chi connectivity index (χ1v) is 9.54. The minimum Gasteiger partial charge on any atom is -0.366 e. The average Bonchev–Trinajstić information content (AvgIpc) is 3.04. The minimum atomic E-state index is -0.913. The van der Waals surface area contributed by atoms with Crippen molar-refractivity contribution in [2.45, 2.75) is 0 Å². The largest absolute Gasteiger partial charge is 0.366 e. The van der Waals surface area contributed by atoms with Gasteiger partial charge in [-0.25, -0.2) is 0 Å². The van der Waals surface area contributed by atoms with E-state index in [9.17, 15) is 19.2 Å². The van der Waals surface area contributed by atoms with Gasteiger partial charge in [0, 0.05) is 16.3 Å². The van der Waals surface area contributed by atoms with Gasteiger partial charge in [-0.3, -0.25) is 24.2 Å². The van der Waals surface area contributed by atoms with Crippen LogP contribution in [0.3, 0.4) is 0 Å². The molecule has 0 spiro atoms. The van der Waals surface area contributed by atoms with Gasteiger partial charge in [0.1, 0.15) is 0 Å². The van der Waals surface area contributed by atoms with Gasteiger partial charge in [0.25, 0.3) is 11.1 Å². The highest BCUT2D eigenvalue weighted by molar-refractivity contribution is 6.42. The van der Waals surface area contributed by atoms with Crippen LogP contribution in [0.5, 0.6) is 0 Å². The molecule has 0 atom stereocenters. The molecule has 1 aromatic heterocycles. The van der Waals surface area contributed by atoms with Crippen LogP contribution in [0.25, 0.3) is 53.9 Å². The maximum atomic E-state index is 12.9. The predicted octanol–water partition coefficient (Wildman–Crippen LogP) is 2.57. The van der Waals surface area contributed by atoms with Crippen molar-refractivity contribution in [2.75, 3.05) is 0 Å². The van der Waals surface area contributed by atoms with E-state index in [0.717, 1.165) is 26.9 Å². The zero-order valence-electron chi connectivity index (χ0n) is 15.9. The van der Waals surface area contributed by atoms with Gasteiger partial charge in [-0.15, -0.1) is 0 Å². The van der Waals surface area contributed by atoms with Gasteiger partial charge >= 0.3 is 0 Å². The van der Waals surface area contributed by atoms with E-state index in [-0.39, 0.29) is 27.3 Å². The molecule has 6 rings (SSSR count). The molecular weight excluding hydrogens is 394 g/mol. The van der Waals surface area contributed by atoms with Crippen LogP contribution >= 0.6 is 0 Å². The number of nitrogens with two attached hydrogens (primary N) is 2. The maximum absolute atomic E-state index is 12.9. The zero-order valence-corrected chi connectivity index (χ0v) is 15.9. The highest BCUT2D eigenvalue weighted by atomic mass is 16.2. The molecule has 1 heterocycles. The molecule has 7 heteroatoms. The molecule has 0 aliphatic carbocycles. The van der Waals surface area contributed by atoms with E-state index in [4.69, 9.17) is 11.5 Å². The van der Waals surface area contributed by atoms with E-state index in [1.807, 2.05) is 36.4 Å². The fourth-order valence-corrected chi connectivity index (χ4v) is 5.02. The van der Waals surface area contributed by atoms with E-state index in [1.165, 1.54) is 6.07 Å². The minimum absolute atomic E-state index is 0.0651. The molecule has 7 nitrogen and oxygen atoms in total. The first kappa shape index (κ1) is 17.3. The molecular formula is C24H13N3O4. The van der Waals surface area contributed by atoms with Gasteiger partial charge in [-0.2, -0.15) is 0 Å². The Kier molecular flexibility index (Phi) is 3.10. The molecule has 0 unspecified atom stereocenters. The topological polar surface area (TPSA) is 136 Å². The van der Waals surface area contributed by atoms with Gasteiger partial charge in [-0.05, 0) is 38.4 Å². The van der Waals surface area contributed by atoms with Crippen LogP contribution < -0.4 is 22.6 Å². The van der Waals surface area contributed by atoms with Crippen molar-refractivity contribution in [1.29, 1.82) is 0 Å². The Morgan fingerprint density at radius 1 is 0.613 bits per heavy atom. The first-order valence-electron chi connectivity index (χ1n) is 9.54. The summed E-state index contributed by atoms with van der Waals surface area (Å²) >= 11 is 0. The lowest BCUT2D eigenvalue weighted by atomic mass is 9.84. The molecule has 5 N–H and O–H groups in total. The Labute approximate surface area is 172 Å². The summed E-state index contributed by atoms with van der Waals surface area (Å²) < 4.78 is 0. The fraction of sp³-hybridized carbons (Fsp3) is 0. The Hall–Kier alpha value is -4.52. The summed E-state index contributed by atoms with van der Waals surface area (Å²) in [6.45, 7) is 0. The molecule has 0 fully saturated rings. The third kappa shape index (κ3) is 1.97. The van der Waals surface area contributed by atoms with E-state index >= 15 is 0 Å². The Bertz CT molecular complexity index is 1880. The van der Waals surface area contributed by atoms with Crippen molar-refractivity contribution < 1.29 is 9.59 Å². The molecule has 148 valence electrons. The van der Waals surface area contributed by atoms with Crippen LogP contribution in [-0.4, -0.2) is 16.8 Å². The summed E-state index contributed by atoms with van der Waals surface area (Å²) in [6.07, 6.45) is 0. The molecule has 2 amide bonds. The standard InChI is InChI=1S/C24H13N3O4/c25-21(28)13-8-7-11-10-5-1-3-9-4-2-6-12(14(9)10)16-15(11)17(13)18(22(26)29)20-19(16)23(30)27-24(20)31/h1-8H,(H2,25,28)(H2,26,29)(H,27,30,31). The Morgan fingerprint density at radius 3 is 1.90 bits per heavy atom. The number of carbonyl (C=O) groups excluding carboxylic acids is 2. The second-order valence-corrected chi connectivity index (χ2v) is 7.63. The van der Waals surface area contributed by atoms with Crippen molar-refractivity contribution >= 4 is 65.7 Å². The summed E-state index contributed by atoms with van der Waals surface area (Å²) in [5, 5.41) is 5.44. The van der Waals surface area contributed by atoms with Crippen LogP contribution in [0.4, 0.5) is 0 Å². The van der Waals surface area contributed by atoms with Crippen LogP contribution in [0, 0.1) is 0 Å². The van der Waals surface area contributed by atoms with E-state index in [1.54, 1.807) is 6.07 Å². The monoisotopic (exact) mass is 407 g/mol. The number of H-pyrrole nitrogens is 1. The van der Waals surface area contributed by atoms with E-state index in [2.05, 4.69) is 4.98 Å². The predicted molar refractivity (Wildman–Crippen MR) is 120 cm³/mol. The molecule has 31 heavy (non-hydrogen) atoms. The van der Waals surface area contributed by atoms with Crippen LogP contribution in [0.2, 0.25) is 0 Å². The smallest absolute Gasteiger partial charge is 0.259 e. The summed E-state index contributed by atoms with van der Waals surface area (Å²) in [5.74, 6) is -1.67. The number of primary amides is 2. The number of benzene rings is 5. The van der Waals surface area contributed by atoms with Crippen molar-refractivity contribution in [3.8, 4) is 0 Å². The molecule has 0 saturated carbocycles. The van der Waals surface area contributed by atoms with Crippen LogP contribution in [0.15, 0.2) is 58.1 Å². The number of carbonyl (C=O) groups is 2. The van der Waals surface area contributed by atoms with Crippen molar-refractivity contribution in [3.63, 3.8) is 0 Å². The highest BCUT2D eigenvalue weighted by Crippen LogP contribution is 2.44. The number of hydrogen-bond acceptors (Lipinski definition) is 4. The second-order valence-electron chi connectivity index (χ2n) is 7.63. The number of fused-ring (bicyclic) bond motifs is 4. The van der Waals surface area contributed by atoms with Gasteiger partial charge in [0.05, 0.1) is 16.3 Å². The number of aromatic amines is 1. The van der Waals surface area contributed by atoms with Crippen LogP contribution in [0.1, 0.15) is 20.7 Å². The lowest BCUT2D eigenvalue weighted by Gasteiger charge is -2.18. The van der Waals surface area contributed by atoms with Gasteiger partial charge in [0.15, 0.2) is 0 Å². The summed E-state index contributed by atoms with van der Waals surface area (Å²) in [4.78, 5) is 52.7. The average molecular weight is 407 g/mol. The second kappa shape index (κ2) is 5.54. The Morgan fingerprint density at radius 2 is 1.23 bits per heavy atom.